The van der Waals surface area contributed by atoms with Gasteiger partial charge in [0, 0.05) is 6.54 Å². The van der Waals surface area contributed by atoms with Crippen LogP contribution < -0.4 is 0 Å². The minimum atomic E-state index is -0.801. The van der Waals surface area contributed by atoms with Gasteiger partial charge in [-0.2, -0.15) is 0 Å². The molecule has 3 nitrogen and oxygen atoms in total. The van der Waals surface area contributed by atoms with Crippen LogP contribution in [0.2, 0.25) is 0 Å². The normalized spacial score (nSPS) is 11.8. The molecule has 0 saturated heterocycles. The SMILES string of the molecule is CC(C(=O)O)N(C)Cc1ccccc1-c1ccccc1.Cl. The Morgan fingerprint density at radius 1 is 1.10 bits per heavy atom. The number of benzene rings is 2. The molecule has 0 amide bonds. The average Bonchev–Trinajstić information content (AvgIpc) is 2.47. The van der Waals surface area contributed by atoms with Crippen LogP contribution in [-0.2, 0) is 11.3 Å². The zero-order valence-electron chi connectivity index (χ0n) is 12.2. The van der Waals surface area contributed by atoms with Gasteiger partial charge in [0.1, 0.15) is 6.04 Å². The van der Waals surface area contributed by atoms with Crippen LogP contribution in [0, 0.1) is 0 Å². The fourth-order valence-corrected chi connectivity index (χ4v) is 2.15. The van der Waals surface area contributed by atoms with E-state index >= 15 is 0 Å². The van der Waals surface area contributed by atoms with Crippen molar-refractivity contribution in [1.29, 1.82) is 0 Å². The standard InChI is InChI=1S/C17H19NO2.ClH/c1-13(17(19)20)18(2)12-15-10-6-7-11-16(15)14-8-4-3-5-9-14;/h3-11,13H,12H2,1-2H3,(H,19,20);1H. The molecule has 2 rings (SSSR count). The fraction of sp³-hybridized carbons (Fsp3) is 0.235. The molecular formula is C17H20ClNO2. The van der Waals surface area contributed by atoms with Crippen LogP contribution in [0.15, 0.2) is 54.6 Å². The molecule has 1 atom stereocenters. The average molecular weight is 306 g/mol. The van der Waals surface area contributed by atoms with Crippen molar-refractivity contribution >= 4 is 18.4 Å². The maximum Gasteiger partial charge on any atom is 0.320 e. The number of rotatable bonds is 5. The second-order valence-corrected chi connectivity index (χ2v) is 4.95. The van der Waals surface area contributed by atoms with E-state index in [4.69, 9.17) is 5.11 Å². The highest BCUT2D eigenvalue weighted by molar-refractivity contribution is 5.85. The predicted octanol–water partition coefficient (Wildman–Crippen LogP) is 3.68. The van der Waals surface area contributed by atoms with E-state index in [1.165, 1.54) is 0 Å². The predicted molar refractivity (Wildman–Crippen MR) is 87.7 cm³/mol. The Morgan fingerprint density at radius 2 is 1.67 bits per heavy atom. The lowest BCUT2D eigenvalue weighted by Crippen LogP contribution is -2.35. The number of carboxylic acid groups (broad SMARTS) is 1. The van der Waals surface area contributed by atoms with Crippen molar-refractivity contribution in [2.75, 3.05) is 7.05 Å². The van der Waals surface area contributed by atoms with Crippen LogP contribution in [0.1, 0.15) is 12.5 Å². The molecule has 0 bridgehead atoms. The quantitative estimate of drug-likeness (QED) is 0.916. The Morgan fingerprint density at radius 3 is 2.29 bits per heavy atom. The molecule has 0 aliphatic rings. The van der Waals surface area contributed by atoms with Crippen LogP contribution in [0.5, 0.6) is 0 Å². The van der Waals surface area contributed by atoms with E-state index < -0.39 is 12.0 Å². The summed E-state index contributed by atoms with van der Waals surface area (Å²) in [5, 5.41) is 9.08. The van der Waals surface area contributed by atoms with Crippen molar-refractivity contribution < 1.29 is 9.90 Å². The first kappa shape index (κ1) is 17.2. The highest BCUT2D eigenvalue weighted by Crippen LogP contribution is 2.24. The van der Waals surface area contributed by atoms with Gasteiger partial charge in [0.15, 0.2) is 0 Å². The van der Waals surface area contributed by atoms with Crippen molar-refractivity contribution in [3.05, 3.63) is 60.2 Å². The summed E-state index contributed by atoms with van der Waals surface area (Å²) in [5.41, 5.74) is 3.44. The van der Waals surface area contributed by atoms with E-state index in [0.717, 1.165) is 16.7 Å². The lowest BCUT2D eigenvalue weighted by Gasteiger charge is -2.22. The fourth-order valence-electron chi connectivity index (χ4n) is 2.15. The monoisotopic (exact) mass is 305 g/mol. The second kappa shape index (κ2) is 7.81. The van der Waals surface area contributed by atoms with Gasteiger partial charge in [-0.15, -0.1) is 12.4 Å². The molecule has 0 saturated carbocycles. The minimum Gasteiger partial charge on any atom is -0.480 e. The second-order valence-electron chi connectivity index (χ2n) is 4.95. The third-order valence-corrected chi connectivity index (χ3v) is 3.54. The van der Waals surface area contributed by atoms with E-state index in [1.54, 1.807) is 6.92 Å². The summed E-state index contributed by atoms with van der Waals surface area (Å²) in [5.74, 6) is -0.801. The third kappa shape index (κ3) is 4.31. The van der Waals surface area contributed by atoms with Crippen LogP contribution >= 0.6 is 12.4 Å². The molecule has 112 valence electrons. The van der Waals surface area contributed by atoms with Gasteiger partial charge in [-0.1, -0.05) is 54.6 Å². The van der Waals surface area contributed by atoms with Gasteiger partial charge < -0.3 is 5.11 Å². The van der Waals surface area contributed by atoms with Crippen LogP contribution in [0.3, 0.4) is 0 Å². The summed E-state index contributed by atoms with van der Waals surface area (Å²) < 4.78 is 0. The lowest BCUT2D eigenvalue weighted by atomic mass is 9.99. The summed E-state index contributed by atoms with van der Waals surface area (Å²) in [7, 11) is 1.83. The topological polar surface area (TPSA) is 40.5 Å². The van der Waals surface area contributed by atoms with Crippen molar-refractivity contribution in [3.8, 4) is 11.1 Å². The smallest absolute Gasteiger partial charge is 0.320 e. The van der Waals surface area contributed by atoms with Crippen LogP contribution in [0.25, 0.3) is 11.1 Å². The number of likely N-dealkylation sites (N-methyl/N-ethyl adjacent to an activating group) is 1. The van der Waals surface area contributed by atoms with Gasteiger partial charge in [-0.05, 0) is 30.7 Å². The van der Waals surface area contributed by atoms with E-state index in [0.29, 0.717) is 6.54 Å². The number of halogens is 1. The Kier molecular flexibility index (Phi) is 6.40. The molecule has 0 spiro atoms. The Bertz CT molecular complexity index is 586. The summed E-state index contributed by atoms with van der Waals surface area (Å²) >= 11 is 0. The molecule has 1 N–H and O–H groups in total. The Labute approximate surface area is 131 Å². The van der Waals surface area contributed by atoms with E-state index in [2.05, 4.69) is 18.2 Å². The van der Waals surface area contributed by atoms with Crippen molar-refractivity contribution in [1.82, 2.24) is 4.90 Å². The molecule has 0 aliphatic heterocycles. The molecule has 0 heterocycles. The number of hydrogen-bond acceptors (Lipinski definition) is 2. The van der Waals surface area contributed by atoms with Gasteiger partial charge in [-0.25, -0.2) is 0 Å². The number of hydrogen-bond donors (Lipinski definition) is 1. The first-order valence-electron chi connectivity index (χ1n) is 6.66. The zero-order chi connectivity index (χ0) is 14.5. The van der Waals surface area contributed by atoms with Crippen LogP contribution in [0.4, 0.5) is 0 Å². The molecule has 0 aliphatic carbocycles. The third-order valence-electron chi connectivity index (χ3n) is 3.54. The molecule has 0 radical (unpaired) electrons. The molecule has 2 aromatic rings. The van der Waals surface area contributed by atoms with Gasteiger partial charge in [-0.3, -0.25) is 9.69 Å². The minimum absolute atomic E-state index is 0. The first-order valence-corrected chi connectivity index (χ1v) is 6.66. The number of carbonyl (C=O) groups is 1. The summed E-state index contributed by atoms with van der Waals surface area (Å²) in [6.45, 7) is 2.31. The molecular weight excluding hydrogens is 286 g/mol. The number of aliphatic carboxylic acids is 1. The van der Waals surface area contributed by atoms with Crippen molar-refractivity contribution in [3.63, 3.8) is 0 Å². The maximum atomic E-state index is 11.0. The highest BCUT2D eigenvalue weighted by atomic mass is 35.5. The Hall–Kier alpha value is -1.84. The highest BCUT2D eigenvalue weighted by Gasteiger charge is 2.17. The summed E-state index contributed by atoms with van der Waals surface area (Å²) in [6, 6.07) is 17.8. The van der Waals surface area contributed by atoms with Crippen LogP contribution in [-0.4, -0.2) is 29.1 Å². The first-order chi connectivity index (χ1) is 9.59. The van der Waals surface area contributed by atoms with E-state index in [1.807, 2.05) is 48.3 Å². The van der Waals surface area contributed by atoms with Gasteiger partial charge in [0.25, 0.3) is 0 Å². The molecule has 0 aromatic heterocycles. The molecule has 0 fully saturated rings. The van der Waals surface area contributed by atoms with Gasteiger partial charge >= 0.3 is 5.97 Å². The summed E-state index contributed by atoms with van der Waals surface area (Å²) in [4.78, 5) is 12.9. The lowest BCUT2D eigenvalue weighted by molar-refractivity contribution is -0.142. The van der Waals surface area contributed by atoms with Gasteiger partial charge in [0.05, 0.1) is 0 Å². The molecule has 1 unspecified atom stereocenters. The molecule has 21 heavy (non-hydrogen) atoms. The van der Waals surface area contributed by atoms with Crippen molar-refractivity contribution in [2.24, 2.45) is 0 Å². The molecule has 2 aromatic carbocycles. The Balaban J connectivity index is 0.00000220. The largest absolute Gasteiger partial charge is 0.480 e. The number of nitrogens with zero attached hydrogens (tertiary/aromatic N) is 1. The zero-order valence-corrected chi connectivity index (χ0v) is 13.0. The van der Waals surface area contributed by atoms with E-state index in [-0.39, 0.29) is 12.4 Å². The maximum absolute atomic E-state index is 11.0. The summed E-state index contributed by atoms with van der Waals surface area (Å²) in [6.07, 6.45) is 0. The van der Waals surface area contributed by atoms with Crippen molar-refractivity contribution in [2.45, 2.75) is 19.5 Å². The molecule has 4 heteroatoms. The van der Waals surface area contributed by atoms with Gasteiger partial charge in [0.2, 0.25) is 0 Å². The van der Waals surface area contributed by atoms with E-state index in [9.17, 15) is 4.79 Å². The number of carboxylic acids is 1.